The lowest BCUT2D eigenvalue weighted by Gasteiger charge is -2.42. The lowest BCUT2D eigenvalue weighted by atomic mass is 10.3. The first-order valence-corrected chi connectivity index (χ1v) is 9.21. The summed E-state index contributed by atoms with van der Waals surface area (Å²) in [5.41, 5.74) is 1.78. The van der Waals surface area contributed by atoms with Crippen LogP contribution in [0.15, 0.2) is 24.5 Å². The van der Waals surface area contributed by atoms with Gasteiger partial charge in [0.1, 0.15) is 5.52 Å². The normalized spacial score (nSPS) is 24.2. The van der Waals surface area contributed by atoms with Gasteiger partial charge in [-0.3, -0.25) is 9.88 Å². The topological polar surface area (TPSA) is 48.4 Å². The molecule has 7 heteroatoms. The van der Waals surface area contributed by atoms with E-state index < -0.39 is 0 Å². The molecule has 0 bridgehead atoms. The highest BCUT2D eigenvalue weighted by Crippen LogP contribution is 2.25. The third-order valence-corrected chi connectivity index (χ3v) is 5.87. The summed E-state index contributed by atoms with van der Waals surface area (Å²) in [5, 5.41) is 0.547. The van der Waals surface area contributed by atoms with Gasteiger partial charge in [0.25, 0.3) is 0 Å². The molecule has 0 aromatic carbocycles. The van der Waals surface area contributed by atoms with Crippen molar-refractivity contribution < 1.29 is 0 Å². The molecule has 0 aliphatic carbocycles. The molecule has 0 radical (unpaired) electrons. The van der Waals surface area contributed by atoms with Gasteiger partial charge < -0.3 is 9.80 Å². The molecule has 1 unspecified atom stereocenters. The number of aromatic nitrogens is 3. The second kappa shape index (κ2) is 6.59. The Morgan fingerprint density at radius 1 is 1.09 bits per heavy atom. The molecule has 2 aliphatic rings. The Kier molecular flexibility index (Phi) is 4.33. The maximum atomic E-state index is 4.71. The summed E-state index contributed by atoms with van der Waals surface area (Å²) in [6.45, 7) is 6.65. The van der Waals surface area contributed by atoms with Crippen LogP contribution in [0.4, 0.5) is 5.95 Å². The van der Waals surface area contributed by atoms with Crippen LogP contribution in [-0.4, -0.2) is 82.2 Å². The van der Waals surface area contributed by atoms with Gasteiger partial charge in [-0.05, 0) is 19.2 Å². The SMILES string of the molecule is CN1CCN(C2CN(c3ncc4ncccc4n3)CCS2)CC1. The van der Waals surface area contributed by atoms with E-state index in [1.165, 1.54) is 0 Å². The number of thioether (sulfide) groups is 1. The summed E-state index contributed by atoms with van der Waals surface area (Å²) >= 11 is 2.07. The Bertz CT molecular complexity index is 672. The fourth-order valence-corrected chi connectivity index (χ4v) is 4.46. The molecular formula is C16H22N6S. The molecule has 122 valence electrons. The molecule has 0 saturated carbocycles. The van der Waals surface area contributed by atoms with Gasteiger partial charge in [0, 0.05) is 51.2 Å². The maximum absolute atomic E-state index is 4.71. The predicted molar refractivity (Wildman–Crippen MR) is 94.9 cm³/mol. The van der Waals surface area contributed by atoms with E-state index in [-0.39, 0.29) is 0 Å². The number of nitrogens with zero attached hydrogens (tertiary/aromatic N) is 6. The third kappa shape index (κ3) is 3.27. The smallest absolute Gasteiger partial charge is 0.226 e. The molecule has 2 aliphatic heterocycles. The average Bonchev–Trinajstić information content (AvgIpc) is 2.62. The Morgan fingerprint density at radius 2 is 1.96 bits per heavy atom. The molecular weight excluding hydrogens is 308 g/mol. The van der Waals surface area contributed by atoms with Crippen molar-refractivity contribution in [1.29, 1.82) is 0 Å². The molecule has 4 heterocycles. The minimum absolute atomic E-state index is 0.547. The van der Waals surface area contributed by atoms with Crippen molar-refractivity contribution in [2.45, 2.75) is 5.37 Å². The van der Waals surface area contributed by atoms with Crippen molar-refractivity contribution in [3.8, 4) is 0 Å². The largest absolute Gasteiger partial charge is 0.338 e. The summed E-state index contributed by atoms with van der Waals surface area (Å²) in [4.78, 5) is 20.9. The summed E-state index contributed by atoms with van der Waals surface area (Å²) < 4.78 is 0. The standard InChI is InChI=1S/C16H22N6S/c1-20-5-7-21(8-6-20)15-12-22(9-10-23-15)16-18-11-14-13(19-16)3-2-4-17-14/h2-4,11,15H,5-10,12H2,1H3. The van der Waals surface area contributed by atoms with Crippen LogP contribution in [0.5, 0.6) is 0 Å². The second-order valence-corrected chi connectivity index (χ2v) is 7.47. The molecule has 6 nitrogen and oxygen atoms in total. The lowest BCUT2D eigenvalue weighted by Crippen LogP contribution is -2.53. The summed E-state index contributed by atoms with van der Waals surface area (Å²) in [6, 6.07) is 3.93. The minimum Gasteiger partial charge on any atom is -0.338 e. The van der Waals surface area contributed by atoms with E-state index in [9.17, 15) is 0 Å². The van der Waals surface area contributed by atoms with E-state index in [0.717, 1.165) is 62.0 Å². The highest BCUT2D eigenvalue weighted by Gasteiger charge is 2.28. The van der Waals surface area contributed by atoms with Crippen LogP contribution in [0.25, 0.3) is 11.0 Å². The highest BCUT2D eigenvalue weighted by molar-refractivity contribution is 7.99. The van der Waals surface area contributed by atoms with Crippen molar-refractivity contribution in [2.75, 3.05) is 57.0 Å². The van der Waals surface area contributed by atoms with Crippen LogP contribution < -0.4 is 4.90 Å². The van der Waals surface area contributed by atoms with Crippen LogP contribution in [0.2, 0.25) is 0 Å². The second-order valence-electron chi connectivity index (χ2n) is 6.19. The van der Waals surface area contributed by atoms with Crippen LogP contribution in [0.3, 0.4) is 0 Å². The summed E-state index contributed by atoms with van der Waals surface area (Å²) in [6.07, 6.45) is 3.62. The number of anilines is 1. The number of rotatable bonds is 2. The van der Waals surface area contributed by atoms with E-state index in [4.69, 9.17) is 4.98 Å². The van der Waals surface area contributed by atoms with Gasteiger partial charge in [0.05, 0.1) is 17.1 Å². The molecule has 2 aromatic heterocycles. The number of piperazine rings is 1. The minimum atomic E-state index is 0.547. The maximum Gasteiger partial charge on any atom is 0.226 e. The van der Waals surface area contributed by atoms with E-state index in [0.29, 0.717) is 5.37 Å². The van der Waals surface area contributed by atoms with Gasteiger partial charge in [-0.15, -0.1) is 11.8 Å². The fourth-order valence-electron chi connectivity index (χ4n) is 3.15. The molecule has 1 atom stereocenters. The highest BCUT2D eigenvalue weighted by atomic mass is 32.2. The average molecular weight is 330 g/mol. The molecule has 2 saturated heterocycles. The van der Waals surface area contributed by atoms with Crippen LogP contribution in [0, 0.1) is 0 Å². The molecule has 0 spiro atoms. The molecule has 4 rings (SSSR count). The van der Waals surface area contributed by atoms with Gasteiger partial charge in [0.15, 0.2) is 0 Å². The predicted octanol–water partition coefficient (Wildman–Crippen LogP) is 1.15. The quantitative estimate of drug-likeness (QED) is 0.819. The van der Waals surface area contributed by atoms with Crippen molar-refractivity contribution in [2.24, 2.45) is 0 Å². The van der Waals surface area contributed by atoms with Crippen molar-refractivity contribution in [3.63, 3.8) is 0 Å². The Hall–Kier alpha value is -1.44. The number of pyridine rings is 1. The third-order valence-electron chi connectivity index (χ3n) is 4.61. The van der Waals surface area contributed by atoms with Crippen molar-refractivity contribution >= 4 is 28.7 Å². The molecule has 23 heavy (non-hydrogen) atoms. The molecule has 2 aromatic rings. The number of hydrogen-bond acceptors (Lipinski definition) is 7. The monoisotopic (exact) mass is 330 g/mol. The number of likely N-dealkylation sites (N-methyl/N-ethyl adjacent to an activating group) is 1. The van der Waals surface area contributed by atoms with Crippen molar-refractivity contribution in [3.05, 3.63) is 24.5 Å². The summed E-state index contributed by atoms with van der Waals surface area (Å²) in [7, 11) is 2.20. The van der Waals surface area contributed by atoms with E-state index in [2.05, 4.69) is 43.5 Å². The van der Waals surface area contributed by atoms with E-state index in [1.807, 2.05) is 18.3 Å². The van der Waals surface area contributed by atoms with Crippen LogP contribution in [0.1, 0.15) is 0 Å². The first-order chi connectivity index (χ1) is 11.3. The lowest BCUT2D eigenvalue weighted by molar-refractivity contribution is 0.144. The van der Waals surface area contributed by atoms with Crippen molar-refractivity contribution in [1.82, 2.24) is 24.8 Å². The van der Waals surface area contributed by atoms with Gasteiger partial charge in [-0.2, -0.15) is 0 Å². The number of hydrogen-bond donors (Lipinski definition) is 0. The fraction of sp³-hybridized carbons (Fsp3) is 0.562. The Morgan fingerprint density at radius 3 is 2.83 bits per heavy atom. The Labute approximate surface area is 140 Å². The summed E-state index contributed by atoms with van der Waals surface area (Å²) in [5.74, 6) is 1.97. The van der Waals surface area contributed by atoms with Crippen LogP contribution in [-0.2, 0) is 0 Å². The number of fused-ring (bicyclic) bond motifs is 1. The van der Waals surface area contributed by atoms with Gasteiger partial charge in [-0.1, -0.05) is 0 Å². The zero-order valence-electron chi connectivity index (χ0n) is 13.4. The Balaban J connectivity index is 1.49. The van der Waals surface area contributed by atoms with E-state index in [1.54, 1.807) is 6.20 Å². The van der Waals surface area contributed by atoms with Crippen LogP contribution >= 0.6 is 11.8 Å². The zero-order chi connectivity index (χ0) is 15.6. The van der Waals surface area contributed by atoms with E-state index >= 15 is 0 Å². The van der Waals surface area contributed by atoms with Gasteiger partial charge in [-0.25, -0.2) is 9.97 Å². The molecule has 2 fully saturated rings. The van der Waals surface area contributed by atoms with Gasteiger partial charge >= 0.3 is 0 Å². The first kappa shape index (κ1) is 15.1. The zero-order valence-corrected chi connectivity index (χ0v) is 14.2. The molecule has 0 amide bonds. The first-order valence-electron chi connectivity index (χ1n) is 8.16. The molecule has 0 N–H and O–H groups in total. The van der Waals surface area contributed by atoms with Gasteiger partial charge in [0.2, 0.25) is 5.95 Å².